The van der Waals surface area contributed by atoms with Crippen molar-refractivity contribution in [3.8, 4) is 0 Å². The van der Waals surface area contributed by atoms with Gasteiger partial charge in [-0.2, -0.15) is 13.2 Å². The Hall–Kier alpha value is -0.670. The fraction of sp³-hybridized carbons (Fsp3) is 0.250. The Kier molecular flexibility index (Phi) is 2.34. The van der Waals surface area contributed by atoms with Crippen molar-refractivity contribution in [1.82, 2.24) is 4.98 Å². The third-order valence-corrected chi connectivity index (χ3v) is 2.85. The summed E-state index contributed by atoms with van der Waals surface area (Å²) in [5.74, 6) is 0. The zero-order valence-electron chi connectivity index (χ0n) is 5.87. The molecule has 0 aromatic carbocycles. The number of aromatic nitrogens is 1. The van der Waals surface area contributed by atoms with Crippen molar-refractivity contribution in [2.45, 2.75) is 11.2 Å². The molecule has 1 aromatic rings. The zero-order chi connectivity index (χ0) is 10.3. The smallest absolute Gasteiger partial charge is 0.223 e. The number of nitrogens with zero attached hydrogens (tertiary/aromatic N) is 1. The third kappa shape index (κ3) is 2.39. The van der Waals surface area contributed by atoms with Gasteiger partial charge in [0.1, 0.15) is 0 Å². The molecule has 0 saturated carbocycles. The highest BCUT2D eigenvalue weighted by atomic mass is 32.2. The maximum absolute atomic E-state index is 11.9. The Morgan fingerprint density at radius 2 is 2.00 bits per heavy atom. The fourth-order valence-electron chi connectivity index (χ4n) is 0.520. The molecular formula is C4H3F3N2O2S2. The summed E-state index contributed by atoms with van der Waals surface area (Å²) in [5.41, 5.74) is 0. The first-order valence-electron chi connectivity index (χ1n) is 2.77. The van der Waals surface area contributed by atoms with Gasteiger partial charge >= 0.3 is 6.18 Å². The Bertz CT molecular complexity index is 407. The van der Waals surface area contributed by atoms with Crippen LogP contribution in [0.1, 0.15) is 5.01 Å². The molecule has 74 valence electrons. The molecule has 0 amide bonds. The molecule has 0 aliphatic rings. The van der Waals surface area contributed by atoms with Crippen molar-refractivity contribution >= 4 is 21.4 Å². The van der Waals surface area contributed by atoms with Crippen molar-refractivity contribution in [2.24, 2.45) is 5.14 Å². The summed E-state index contributed by atoms with van der Waals surface area (Å²) in [4.78, 5) is 2.83. The summed E-state index contributed by atoms with van der Waals surface area (Å²) in [6, 6.07) is 0. The van der Waals surface area contributed by atoms with Crippen LogP contribution in [0.4, 0.5) is 13.2 Å². The first-order chi connectivity index (χ1) is 5.71. The number of sulfonamides is 1. The molecule has 2 N–H and O–H groups in total. The van der Waals surface area contributed by atoms with E-state index in [4.69, 9.17) is 0 Å². The molecule has 9 heteroatoms. The van der Waals surface area contributed by atoms with E-state index in [0.29, 0.717) is 0 Å². The number of alkyl halides is 3. The van der Waals surface area contributed by atoms with Crippen LogP contribution in [0.3, 0.4) is 0 Å². The quantitative estimate of drug-likeness (QED) is 0.778. The number of halogens is 3. The van der Waals surface area contributed by atoms with Crippen LogP contribution in [0.2, 0.25) is 0 Å². The van der Waals surface area contributed by atoms with Gasteiger partial charge in [0.15, 0.2) is 10.0 Å². The first kappa shape index (κ1) is 10.4. The Morgan fingerprint density at radius 1 is 1.46 bits per heavy atom. The van der Waals surface area contributed by atoms with Crippen LogP contribution < -0.4 is 5.14 Å². The molecule has 0 bridgehead atoms. The van der Waals surface area contributed by atoms with Crippen LogP contribution >= 0.6 is 11.3 Å². The molecular weight excluding hydrogens is 229 g/mol. The molecule has 1 rings (SSSR count). The lowest BCUT2D eigenvalue weighted by molar-refractivity contribution is -0.137. The van der Waals surface area contributed by atoms with E-state index in [0.717, 1.165) is 5.38 Å². The number of hydrogen-bond acceptors (Lipinski definition) is 4. The van der Waals surface area contributed by atoms with Gasteiger partial charge < -0.3 is 0 Å². The minimum absolute atomic E-state index is 0.188. The van der Waals surface area contributed by atoms with Crippen LogP contribution in [0.25, 0.3) is 0 Å². The van der Waals surface area contributed by atoms with Crippen LogP contribution in [-0.4, -0.2) is 13.4 Å². The van der Waals surface area contributed by atoms with Gasteiger partial charge in [-0.3, -0.25) is 0 Å². The summed E-state index contributed by atoms with van der Waals surface area (Å²) in [7, 11) is -4.14. The second-order valence-corrected chi connectivity index (χ2v) is 4.40. The van der Waals surface area contributed by atoms with Crippen molar-refractivity contribution in [2.75, 3.05) is 0 Å². The average molecular weight is 232 g/mol. The maximum atomic E-state index is 11.9. The molecule has 0 saturated heterocycles. The van der Waals surface area contributed by atoms with E-state index in [1.165, 1.54) is 0 Å². The van der Waals surface area contributed by atoms with Crippen LogP contribution in [-0.2, 0) is 16.2 Å². The summed E-state index contributed by atoms with van der Waals surface area (Å²) < 4.78 is 56.8. The average Bonchev–Trinajstić information content (AvgIpc) is 2.28. The molecule has 0 fully saturated rings. The number of primary sulfonamides is 1. The highest BCUT2D eigenvalue weighted by Gasteiger charge is 2.35. The minimum Gasteiger partial charge on any atom is -0.223 e. The summed E-state index contributed by atoms with van der Waals surface area (Å²) in [6.45, 7) is 0. The normalized spacial score (nSPS) is 13.2. The molecule has 0 unspecified atom stereocenters. The first-order valence-corrected chi connectivity index (χ1v) is 5.19. The van der Waals surface area contributed by atoms with E-state index in [-0.39, 0.29) is 11.3 Å². The van der Waals surface area contributed by atoms with Crippen LogP contribution in [0.15, 0.2) is 10.4 Å². The number of thiazole rings is 1. The predicted octanol–water partition coefficient (Wildman–Crippen LogP) is 0.809. The van der Waals surface area contributed by atoms with Gasteiger partial charge in [0.05, 0.1) is 0 Å². The lowest BCUT2D eigenvalue weighted by Gasteiger charge is -1.98. The van der Waals surface area contributed by atoms with Gasteiger partial charge in [-0.1, -0.05) is 0 Å². The van der Waals surface area contributed by atoms with E-state index in [1.807, 2.05) is 0 Å². The standard InChI is InChI=1S/C4H3F3N2O2S2/c5-4(6,7)3-9-2(1-12-3)13(8,10)11/h1H,(H2,8,10,11). The Morgan fingerprint density at radius 3 is 2.23 bits per heavy atom. The van der Waals surface area contributed by atoms with Crippen LogP contribution in [0.5, 0.6) is 0 Å². The zero-order valence-corrected chi connectivity index (χ0v) is 7.50. The number of hydrogen-bond donors (Lipinski definition) is 1. The van der Waals surface area contributed by atoms with Gasteiger partial charge in [0, 0.05) is 5.38 Å². The van der Waals surface area contributed by atoms with Gasteiger partial charge in [0.2, 0.25) is 0 Å². The van der Waals surface area contributed by atoms with Crippen molar-refractivity contribution < 1.29 is 21.6 Å². The molecule has 1 aromatic heterocycles. The molecule has 1 heterocycles. The lowest BCUT2D eigenvalue weighted by atomic mass is 10.7. The summed E-state index contributed by atoms with van der Waals surface area (Å²) in [5, 5.41) is 3.33. The molecule has 0 atom stereocenters. The highest BCUT2D eigenvalue weighted by molar-refractivity contribution is 7.89. The lowest BCUT2D eigenvalue weighted by Crippen LogP contribution is -2.13. The van der Waals surface area contributed by atoms with E-state index in [9.17, 15) is 21.6 Å². The third-order valence-electron chi connectivity index (χ3n) is 1.02. The second-order valence-electron chi connectivity index (χ2n) is 2.03. The summed E-state index contributed by atoms with van der Waals surface area (Å²) >= 11 is 0.188. The Labute approximate surface area is 75.3 Å². The van der Waals surface area contributed by atoms with E-state index in [1.54, 1.807) is 0 Å². The topological polar surface area (TPSA) is 73.1 Å². The predicted molar refractivity (Wildman–Crippen MR) is 38.5 cm³/mol. The largest absolute Gasteiger partial charge is 0.443 e. The van der Waals surface area contributed by atoms with Gasteiger partial charge in [0.25, 0.3) is 10.0 Å². The van der Waals surface area contributed by atoms with Crippen molar-refractivity contribution in [3.63, 3.8) is 0 Å². The van der Waals surface area contributed by atoms with Crippen LogP contribution in [0, 0.1) is 0 Å². The Balaban J connectivity index is 3.16. The number of nitrogens with two attached hydrogens (primary N) is 1. The summed E-state index contributed by atoms with van der Waals surface area (Å²) in [6.07, 6.45) is -4.63. The molecule has 4 nitrogen and oxygen atoms in total. The molecule has 0 aliphatic heterocycles. The van der Waals surface area contributed by atoms with Crippen molar-refractivity contribution in [1.29, 1.82) is 0 Å². The van der Waals surface area contributed by atoms with E-state index >= 15 is 0 Å². The fourth-order valence-corrected chi connectivity index (χ4v) is 2.03. The SMILES string of the molecule is NS(=O)(=O)c1csc(C(F)(F)F)n1. The maximum Gasteiger partial charge on any atom is 0.443 e. The van der Waals surface area contributed by atoms with Gasteiger partial charge in [-0.15, -0.1) is 11.3 Å². The monoisotopic (exact) mass is 232 g/mol. The molecule has 0 spiro atoms. The van der Waals surface area contributed by atoms with Gasteiger partial charge in [-0.25, -0.2) is 18.5 Å². The minimum atomic E-state index is -4.63. The second kappa shape index (κ2) is 2.93. The van der Waals surface area contributed by atoms with E-state index in [2.05, 4.69) is 10.1 Å². The van der Waals surface area contributed by atoms with Crippen molar-refractivity contribution in [3.05, 3.63) is 10.4 Å². The molecule has 13 heavy (non-hydrogen) atoms. The highest BCUT2D eigenvalue weighted by Crippen LogP contribution is 2.32. The number of rotatable bonds is 1. The molecule has 0 aliphatic carbocycles. The van der Waals surface area contributed by atoms with E-state index < -0.39 is 26.2 Å². The van der Waals surface area contributed by atoms with Gasteiger partial charge in [-0.05, 0) is 0 Å². The molecule has 0 radical (unpaired) electrons.